The van der Waals surface area contributed by atoms with E-state index in [0.717, 1.165) is 27.0 Å². The average molecular weight is 413 g/mol. The van der Waals surface area contributed by atoms with E-state index in [1.165, 1.54) is 16.7 Å². The van der Waals surface area contributed by atoms with Crippen LogP contribution in [0.5, 0.6) is 0 Å². The third kappa shape index (κ3) is 3.57. The molecule has 0 fully saturated rings. The van der Waals surface area contributed by atoms with E-state index in [1.54, 1.807) is 0 Å². The molecule has 0 N–H and O–H groups in total. The van der Waals surface area contributed by atoms with Gasteiger partial charge in [-0.2, -0.15) is 0 Å². The van der Waals surface area contributed by atoms with Crippen LogP contribution in [-0.4, -0.2) is 29.2 Å². The van der Waals surface area contributed by atoms with Crippen molar-refractivity contribution >= 4 is 51.8 Å². The summed E-state index contributed by atoms with van der Waals surface area (Å²) in [6.07, 6.45) is 0. The normalized spacial score (nSPS) is 13.5. The first-order valence-electron chi connectivity index (χ1n) is 8.76. The highest BCUT2D eigenvalue weighted by molar-refractivity contribution is 8.00. The molecular weight excluding hydrogens is 396 g/mol. The first-order chi connectivity index (χ1) is 13.5. The molecule has 0 saturated carbocycles. The molecule has 7 heteroatoms. The van der Waals surface area contributed by atoms with Crippen molar-refractivity contribution in [1.82, 2.24) is 4.98 Å². The Hall–Kier alpha value is -2.57. The number of amides is 1. The van der Waals surface area contributed by atoms with E-state index in [1.807, 2.05) is 55.5 Å². The fraction of sp³-hybridized carbons (Fsp3) is 0.190. The highest BCUT2D eigenvalue weighted by Crippen LogP contribution is 2.34. The van der Waals surface area contributed by atoms with Crippen LogP contribution in [-0.2, 0) is 20.9 Å². The second-order valence-electron chi connectivity index (χ2n) is 6.41. The summed E-state index contributed by atoms with van der Waals surface area (Å²) in [5, 5.41) is 1.46. The number of pyridine rings is 1. The fourth-order valence-electron chi connectivity index (χ4n) is 3.16. The first-order valence-corrected chi connectivity index (χ1v) is 10.1. The molecule has 1 aliphatic heterocycles. The Kier molecular flexibility index (Phi) is 5.24. The van der Waals surface area contributed by atoms with E-state index in [4.69, 9.17) is 16.3 Å². The van der Waals surface area contributed by atoms with Gasteiger partial charge < -0.3 is 4.74 Å². The van der Waals surface area contributed by atoms with E-state index < -0.39 is 5.97 Å². The molecule has 0 spiro atoms. The molecule has 3 aromatic rings. The number of aryl methyl sites for hydroxylation is 1. The van der Waals surface area contributed by atoms with E-state index in [9.17, 15) is 9.59 Å². The SMILES string of the molecule is Cc1c(Cl)c(COC(=O)CN2C(=O)CSc3ccccc32)nc2ccccc12. The lowest BCUT2D eigenvalue weighted by Crippen LogP contribution is -2.39. The van der Waals surface area contributed by atoms with E-state index in [2.05, 4.69) is 4.98 Å². The molecule has 0 radical (unpaired) electrons. The summed E-state index contributed by atoms with van der Waals surface area (Å²) in [5.41, 5.74) is 2.94. The van der Waals surface area contributed by atoms with Crippen LogP contribution in [0.15, 0.2) is 53.4 Å². The number of anilines is 1. The lowest BCUT2D eigenvalue weighted by molar-refractivity contribution is -0.144. The molecule has 0 aliphatic carbocycles. The average Bonchev–Trinajstić information content (AvgIpc) is 2.72. The standard InChI is InChI=1S/C21H17ClN2O3S/c1-13-14-6-2-3-7-15(14)23-16(21(13)22)11-27-20(26)10-24-17-8-4-5-9-18(17)28-12-19(24)25/h2-9H,10-12H2,1H3. The predicted molar refractivity (Wildman–Crippen MR) is 111 cm³/mol. The van der Waals surface area contributed by atoms with Gasteiger partial charge in [-0.25, -0.2) is 4.98 Å². The topological polar surface area (TPSA) is 59.5 Å². The van der Waals surface area contributed by atoms with E-state index in [0.29, 0.717) is 16.5 Å². The van der Waals surface area contributed by atoms with Crippen LogP contribution in [0.1, 0.15) is 11.3 Å². The Morgan fingerprint density at radius 1 is 1.21 bits per heavy atom. The molecule has 0 saturated heterocycles. The molecule has 0 atom stereocenters. The van der Waals surface area contributed by atoms with Gasteiger partial charge in [0.05, 0.1) is 27.7 Å². The number of aromatic nitrogens is 1. The number of fused-ring (bicyclic) bond motifs is 2. The summed E-state index contributed by atoms with van der Waals surface area (Å²) < 4.78 is 5.39. The summed E-state index contributed by atoms with van der Waals surface area (Å²) in [7, 11) is 0. The molecule has 4 rings (SSSR count). The highest BCUT2D eigenvalue weighted by Gasteiger charge is 2.27. The van der Waals surface area contributed by atoms with Crippen LogP contribution in [0, 0.1) is 6.92 Å². The maximum atomic E-state index is 12.4. The van der Waals surface area contributed by atoms with Gasteiger partial charge in [0.15, 0.2) is 0 Å². The van der Waals surface area contributed by atoms with Gasteiger partial charge in [-0.1, -0.05) is 41.9 Å². The Bertz CT molecular complexity index is 1090. The third-order valence-electron chi connectivity index (χ3n) is 4.61. The molecule has 0 unspecified atom stereocenters. The number of rotatable bonds is 4. The summed E-state index contributed by atoms with van der Waals surface area (Å²) >= 11 is 7.89. The Morgan fingerprint density at radius 2 is 1.96 bits per heavy atom. The van der Waals surface area contributed by atoms with Crippen molar-refractivity contribution in [1.29, 1.82) is 0 Å². The minimum absolute atomic E-state index is 0.0399. The van der Waals surface area contributed by atoms with Crippen LogP contribution >= 0.6 is 23.4 Å². The van der Waals surface area contributed by atoms with Crippen molar-refractivity contribution in [3.8, 4) is 0 Å². The number of nitrogens with zero attached hydrogens (tertiary/aromatic N) is 2. The molecule has 0 bridgehead atoms. The second-order valence-corrected chi connectivity index (χ2v) is 7.81. The summed E-state index contributed by atoms with van der Waals surface area (Å²) in [6, 6.07) is 15.2. The zero-order valence-electron chi connectivity index (χ0n) is 15.1. The lowest BCUT2D eigenvalue weighted by atomic mass is 10.1. The maximum absolute atomic E-state index is 12.4. The van der Waals surface area contributed by atoms with Crippen LogP contribution in [0.4, 0.5) is 5.69 Å². The van der Waals surface area contributed by atoms with Crippen molar-refractivity contribution in [2.45, 2.75) is 18.4 Å². The van der Waals surface area contributed by atoms with Gasteiger partial charge in [0.2, 0.25) is 5.91 Å². The number of thioether (sulfide) groups is 1. The van der Waals surface area contributed by atoms with Crippen molar-refractivity contribution < 1.29 is 14.3 Å². The molecule has 2 aromatic carbocycles. The molecule has 1 aromatic heterocycles. The van der Waals surface area contributed by atoms with Gasteiger partial charge in [0.1, 0.15) is 13.2 Å². The minimum atomic E-state index is -0.501. The smallest absolute Gasteiger partial charge is 0.326 e. The van der Waals surface area contributed by atoms with Gasteiger partial charge in [-0.15, -0.1) is 11.8 Å². The van der Waals surface area contributed by atoms with Crippen molar-refractivity contribution in [3.63, 3.8) is 0 Å². The Balaban J connectivity index is 1.49. The molecule has 1 amide bonds. The maximum Gasteiger partial charge on any atom is 0.326 e. The number of hydrogen-bond donors (Lipinski definition) is 0. The number of carbonyl (C=O) groups is 2. The van der Waals surface area contributed by atoms with Gasteiger partial charge in [0.25, 0.3) is 0 Å². The number of para-hydroxylation sites is 2. The molecule has 2 heterocycles. The van der Waals surface area contributed by atoms with Crippen LogP contribution < -0.4 is 4.90 Å². The van der Waals surface area contributed by atoms with Crippen LogP contribution in [0.3, 0.4) is 0 Å². The van der Waals surface area contributed by atoms with E-state index >= 15 is 0 Å². The number of hydrogen-bond acceptors (Lipinski definition) is 5. The molecule has 28 heavy (non-hydrogen) atoms. The predicted octanol–water partition coefficient (Wildman–Crippen LogP) is 4.38. The Morgan fingerprint density at radius 3 is 2.82 bits per heavy atom. The van der Waals surface area contributed by atoms with E-state index in [-0.39, 0.29) is 19.1 Å². The third-order valence-corrected chi connectivity index (χ3v) is 6.16. The number of ether oxygens (including phenoxy) is 1. The second kappa shape index (κ2) is 7.81. The Labute approximate surface area is 171 Å². The van der Waals surface area contributed by atoms with Gasteiger partial charge in [0, 0.05) is 10.3 Å². The molecule has 1 aliphatic rings. The zero-order chi connectivity index (χ0) is 19.7. The number of esters is 1. The minimum Gasteiger partial charge on any atom is -0.458 e. The molecule has 5 nitrogen and oxygen atoms in total. The largest absolute Gasteiger partial charge is 0.458 e. The summed E-state index contributed by atoms with van der Waals surface area (Å²) in [6.45, 7) is 1.74. The summed E-state index contributed by atoms with van der Waals surface area (Å²) in [5.74, 6) is -0.307. The monoisotopic (exact) mass is 412 g/mol. The van der Waals surface area contributed by atoms with Crippen LogP contribution in [0.25, 0.3) is 10.9 Å². The highest BCUT2D eigenvalue weighted by atomic mass is 35.5. The first kappa shape index (κ1) is 18.8. The number of benzene rings is 2. The van der Waals surface area contributed by atoms with Crippen molar-refractivity contribution in [2.24, 2.45) is 0 Å². The van der Waals surface area contributed by atoms with Crippen molar-refractivity contribution in [3.05, 3.63) is 64.8 Å². The zero-order valence-corrected chi connectivity index (χ0v) is 16.7. The summed E-state index contributed by atoms with van der Waals surface area (Å²) in [4.78, 5) is 31.6. The van der Waals surface area contributed by atoms with Gasteiger partial charge in [-0.05, 0) is 30.7 Å². The van der Waals surface area contributed by atoms with Gasteiger partial charge >= 0.3 is 5.97 Å². The van der Waals surface area contributed by atoms with Crippen molar-refractivity contribution in [2.75, 3.05) is 17.2 Å². The fourth-order valence-corrected chi connectivity index (χ4v) is 4.30. The lowest BCUT2D eigenvalue weighted by Gasteiger charge is -2.27. The van der Waals surface area contributed by atoms with Crippen LogP contribution in [0.2, 0.25) is 5.02 Å². The number of carbonyl (C=O) groups excluding carboxylic acids is 2. The quantitative estimate of drug-likeness (QED) is 0.595. The van der Waals surface area contributed by atoms with Gasteiger partial charge in [-0.3, -0.25) is 14.5 Å². The molecule has 142 valence electrons. The molecular formula is C21H17ClN2O3S. The number of halogens is 1.